The lowest BCUT2D eigenvalue weighted by molar-refractivity contribution is -0.114. The molecule has 0 unspecified atom stereocenters. The summed E-state index contributed by atoms with van der Waals surface area (Å²) in [5.41, 5.74) is 3.97. The third-order valence-corrected chi connectivity index (χ3v) is 8.85. The van der Waals surface area contributed by atoms with Crippen LogP contribution < -0.4 is 9.62 Å². The molecular weight excluding hydrogens is 524 g/mol. The molecule has 0 aliphatic rings. The number of rotatable bonds is 9. The summed E-state index contributed by atoms with van der Waals surface area (Å²) in [5, 5.41) is 3.35. The van der Waals surface area contributed by atoms with Crippen molar-refractivity contribution < 1.29 is 13.2 Å². The Morgan fingerprint density at radius 2 is 1.57 bits per heavy atom. The van der Waals surface area contributed by atoms with Gasteiger partial charge in [0.25, 0.3) is 10.0 Å². The van der Waals surface area contributed by atoms with Crippen LogP contribution in [0.3, 0.4) is 0 Å². The number of carbonyl (C=O) groups excluding carboxylic acids is 1. The van der Waals surface area contributed by atoms with Crippen LogP contribution in [0.2, 0.25) is 5.02 Å². The highest BCUT2D eigenvalue weighted by molar-refractivity contribution is 7.98. The first-order valence-corrected chi connectivity index (χ1v) is 14.4. The fraction of sp³-hybridized carbons (Fsp3) is 0.138. The van der Waals surface area contributed by atoms with Gasteiger partial charge in [0.05, 0.1) is 10.6 Å². The zero-order chi connectivity index (χ0) is 26.4. The molecule has 0 atom stereocenters. The molecule has 0 heterocycles. The number of nitrogens with zero attached hydrogens (tertiary/aromatic N) is 1. The van der Waals surface area contributed by atoms with E-state index in [2.05, 4.69) is 17.4 Å². The second-order valence-corrected chi connectivity index (χ2v) is 11.9. The van der Waals surface area contributed by atoms with E-state index >= 15 is 0 Å². The summed E-state index contributed by atoms with van der Waals surface area (Å²) in [7, 11) is -3.99. The highest BCUT2D eigenvalue weighted by atomic mass is 35.5. The molecule has 5 nitrogen and oxygen atoms in total. The van der Waals surface area contributed by atoms with Crippen LogP contribution in [-0.2, 0) is 20.6 Å². The fourth-order valence-corrected chi connectivity index (χ4v) is 6.13. The molecule has 8 heteroatoms. The number of benzene rings is 4. The van der Waals surface area contributed by atoms with Gasteiger partial charge in [-0.3, -0.25) is 9.10 Å². The van der Waals surface area contributed by atoms with Crippen molar-refractivity contribution in [3.05, 3.63) is 119 Å². The molecule has 1 N–H and O–H groups in total. The van der Waals surface area contributed by atoms with Gasteiger partial charge < -0.3 is 5.32 Å². The summed E-state index contributed by atoms with van der Waals surface area (Å²) in [6.07, 6.45) is 0. The number of aryl methyl sites for hydroxylation is 2. The second-order valence-electron chi connectivity index (χ2n) is 8.60. The monoisotopic (exact) mass is 550 g/mol. The SMILES string of the molecule is Cc1ccc(S(=O)(=O)N(CC(=O)Nc2ccc(CSc3ccccc3)cc2C)c2ccc(Cl)cc2)cc1. The number of sulfonamides is 1. The Morgan fingerprint density at radius 1 is 0.892 bits per heavy atom. The molecule has 4 aromatic rings. The summed E-state index contributed by atoms with van der Waals surface area (Å²) < 4.78 is 28.2. The van der Waals surface area contributed by atoms with E-state index in [9.17, 15) is 13.2 Å². The van der Waals surface area contributed by atoms with Gasteiger partial charge in [-0.1, -0.05) is 59.6 Å². The van der Waals surface area contributed by atoms with E-state index in [1.54, 1.807) is 60.3 Å². The summed E-state index contributed by atoms with van der Waals surface area (Å²) in [6.45, 7) is 3.42. The third kappa shape index (κ3) is 6.95. The van der Waals surface area contributed by atoms with Gasteiger partial charge in [-0.2, -0.15) is 0 Å². The van der Waals surface area contributed by atoms with Gasteiger partial charge in [0.1, 0.15) is 6.54 Å². The highest BCUT2D eigenvalue weighted by Gasteiger charge is 2.27. The van der Waals surface area contributed by atoms with E-state index in [0.717, 1.165) is 26.7 Å². The number of anilines is 2. The molecule has 0 aromatic heterocycles. The van der Waals surface area contributed by atoms with Gasteiger partial charge in [-0.25, -0.2) is 8.42 Å². The summed E-state index contributed by atoms with van der Waals surface area (Å²) in [6, 6.07) is 28.9. The zero-order valence-corrected chi connectivity index (χ0v) is 22.9. The standard InChI is InChI=1S/C29H27ClN2O3S2/c1-21-8-15-27(16-9-21)37(34,35)32(25-13-11-24(30)12-14-25)19-29(33)31-28-17-10-23(18-22(28)2)20-36-26-6-4-3-5-7-26/h3-18H,19-20H2,1-2H3,(H,31,33). The van der Waals surface area contributed by atoms with E-state index in [-0.39, 0.29) is 11.4 Å². The van der Waals surface area contributed by atoms with E-state index < -0.39 is 15.9 Å². The smallest absolute Gasteiger partial charge is 0.264 e. The predicted octanol–water partition coefficient (Wildman–Crippen LogP) is 7.08. The number of carbonyl (C=O) groups is 1. The molecule has 0 saturated heterocycles. The summed E-state index contributed by atoms with van der Waals surface area (Å²) >= 11 is 7.76. The largest absolute Gasteiger partial charge is 0.324 e. The lowest BCUT2D eigenvalue weighted by atomic mass is 10.1. The Bertz CT molecular complexity index is 1470. The topological polar surface area (TPSA) is 66.5 Å². The Balaban J connectivity index is 1.51. The van der Waals surface area contributed by atoms with Crippen molar-refractivity contribution in [1.82, 2.24) is 0 Å². The minimum absolute atomic E-state index is 0.109. The van der Waals surface area contributed by atoms with Crippen LogP contribution in [0.1, 0.15) is 16.7 Å². The summed E-state index contributed by atoms with van der Waals surface area (Å²) in [5.74, 6) is 0.359. The molecule has 0 bridgehead atoms. The van der Waals surface area contributed by atoms with E-state index in [4.69, 9.17) is 11.6 Å². The van der Waals surface area contributed by atoms with Crippen molar-refractivity contribution in [2.24, 2.45) is 0 Å². The molecule has 190 valence electrons. The number of hydrogen-bond acceptors (Lipinski definition) is 4. The molecule has 1 amide bonds. The van der Waals surface area contributed by atoms with E-state index in [1.807, 2.05) is 50.2 Å². The van der Waals surface area contributed by atoms with Crippen LogP contribution in [-0.4, -0.2) is 20.9 Å². The Hall–Kier alpha value is -3.26. The van der Waals surface area contributed by atoms with Crippen LogP contribution in [0.4, 0.5) is 11.4 Å². The average molecular weight is 551 g/mol. The first-order chi connectivity index (χ1) is 17.7. The minimum Gasteiger partial charge on any atom is -0.324 e. The fourth-order valence-electron chi connectivity index (χ4n) is 3.72. The van der Waals surface area contributed by atoms with Gasteiger partial charge in [0.15, 0.2) is 0 Å². The first kappa shape index (κ1) is 26.8. The quantitative estimate of drug-likeness (QED) is 0.226. The molecule has 0 aliphatic carbocycles. The molecule has 4 aromatic carbocycles. The van der Waals surface area contributed by atoms with Crippen molar-refractivity contribution >= 4 is 50.7 Å². The maximum atomic E-state index is 13.5. The summed E-state index contributed by atoms with van der Waals surface area (Å²) in [4.78, 5) is 14.4. The molecule has 0 fully saturated rings. The molecule has 0 radical (unpaired) electrons. The van der Waals surface area contributed by atoms with Crippen molar-refractivity contribution in [2.75, 3.05) is 16.2 Å². The molecular formula is C29H27ClN2O3S2. The number of hydrogen-bond donors (Lipinski definition) is 1. The van der Waals surface area contributed by atoms with Crippen LogP contribution in [0.25, 0.3) is 0 Å². The van der Waals surface area contributed by atoms with Gasteiger partial charge in [-0.15, -0.1) is 11.8 Å². The lowest BCUT2D eigenvalue weighted by Gasteiger charge is -2.24. The second kappa shape index (κ2) is 11.9. The van der Waals surface area contributed by atoms with Gasteiger partial charge in [-0.05, 0) is 79.6 Å². The Morgan fingerprint density at radius 3 is 2.22 bits per heavy atom. The molecule has 4 rings (SSSR count). The third-order valence-electron chi connectivity index (χ3n) is 5.72. The van der Waals surface area contributed by atoms with Gasteiger partial charge in [0, 0.05) is 21.4 Å². The van der Waals surface area contributed by atoms with Crippen molar-refractivity contribution in [1.29, 1.82) is 0 Å². The molecule has 37 heavy (non-hydrogen) atoms. The Kier molecular flexibility index (Phi) is 8.59. The van der Waals surface area contributed by atoms with Crippen LogP contribution >= 0.6 is 23.4 Å². The number of amides is 1. The molecule has 0 saturated carbocycles. The first-order valence-electron chi connectivity index (χ1n) is 11.6. The minimum atomic E-state index is -3.99. The zero-order valence-electron chi connectivity index (χ0n) is 20.5. The Labute approximate surface area is 227 Å². The van der Waals surface area contributed by atoms with E-state index in [0.29, 0.717) is 16.4 Å². The van der Waals surface area contributed by atoms with Gasteiger partial charge >= 0.3 is 0 Å². The highest BCUT2D eigenvalue weighted by Crippen LogP contribution is 2.27. The normalized spacial score (nSPS) is 11.2. The van der Waals surface area contributed by atoms with E-state index in [1.165, 1.54) is 4.90 Å². The van der Waals surface area contributed by atoms with Crippen LogP contribution in [0.5, 0.6) is 0 Å². The van der Waals surface area contributed by atoms with Gasteiger partial charge in [0.2, 0.25) is 5.91 Å². The predicted molar refractivity (Wildman–Crippen MR) is 153 cm³/mol. The molecule has 0 spiro atoms. The molecule has 0 aliphatic heterocycles. The number of thioether (sulfide) groups is 1. The lowest BCUT2D eigenvalue weighted by Crippen LogP contribution is -2.38. The number of halogens is 1. The van der Waals surface area contributed by atoms with Crippen molar-refractivity contribution in [3.63, 3.8) is 0 Å². The van der Waals surface area contributed by atoms with Crippen LogP contribution in [0, 0.1) is 13.8 Å². The number of nitrogens with one attached hydrogen (secondary N) is 1. The van der Waals surface area contributed by atoms with Crippen LogP contribution in [0.15, 0.2) is 107 Å². The van der Waals surface area contributed by atoms with Crippen molar-refractivity contribution in [2.45, 2.75) is 29.4 Å². The average Bonchev–Trinajstić information content (AvgIpc) is 2.89. The maximum Gasteiger partial charge on any atom is 0.264 e. The van der Waals surface area contributed by atoms with Crippen molar-refractivity contribution in [3.8, 4) is 0 Å². The maximum absolute atomic E-state index is 13.5.